The summed E-state index contributed by atoms with van der Waals surface area (Å²) in [5.41, 5.74) is 3.44. The Morgan fingerprint density at radius 3 is 2.53 bits per heavy atom. The van der Waals surface area contributed by atoms with E-state index in [2.05, 4.69) is 36.8 Å². The quantitative estimate of drug-likeness (QED) is 0.346. The number of carbonyl (C=O) groups is 2. The average Bonchev–Trinajstić information content (AvgIpc) is 3.20. The highest BCUT2D eigenvalue weighted by Crippen LogP contribution is 2.26. The lowest BCUT2D eigenvalue weighted by Gasteiger charge is -2.22. The molecular formula is C25H30BrN5O2S. The lowest BCUT2D eigenvalue weighted by atomic mass is 10.0. The minimum Gasteiger partial charge on any atom is -0.342 e. The highest BCUT2D eigenvalue weighted by Gasteiger charge is 2.26. The fraction of sp³-hybridized carbons (Fsp3) is 0.360. The summed E-state index contributed by atoms with van der Waals surface area (Å²) in [5, 5.41) is 15.4. The van der Waals surface area contributed by atoms with Crippen LogP contribution in [-0.2, 0) is 11.3 Å². The van der Waals surface area contributed by atoms with Crippen LogP contribution in [0.15, 0.2) is 52.1 Å². The van der Waals surface area contributed by atoms with Crippen molar-refractivity contribution in [2.45, 2.75) is 52.4 Å². The maximum absolute atomic E-state index is 12.9. The van der Waals surface area contributed by atoms with E-state index in [0.717, 1.165) is 21.3 Å². The van der Waals surface area contributed by atoms with Crippen LogP contribution in [0.5, 0.6) is 0 Å². The average molecular weight is 545 g/mol. The van der Waals surface area contributed by atoms with Gasteiger partial charge in [-0.2, -0.15) is 0 Å². The Morgan fingerprint density at radius 2 is 1.88 bits per heavy atom. The summed E-state index contributed by atoms with van der Waals surface area (Å²) in [6, 6.07) is 12.9. The molecule has 1 aromatic heterocycles. The minimum absolute atomic E-state index is 0.102. The normalized spacial score (nSPS) is 12.0. The molecule has 0 spiro atoms. The standard InChI is InChI=1S/C25H30BrN5O2S/c1-6-31-23(22(15(2)3)28-24(33)18-9-7-8-16(4)12-18)29-30-25(31)34-14-21(32)27-19-10-11-20(26)17(5)13-19/h7-13,15,22H,6,14H2,1-5H3,(H,27,32)(H,28,33)/t22-/m0/s1. The van der Waals surface area contributed by atoms with Crippen LogP contribution in [0.1, 0.15) is 54.1 Å². The molecule has 0 aliphatic heterocycles. The molecule has 0 aliphatic carbocycles. The van der Waals surface area contributed by atoms with Crippen molar-refractivity contribution in [3.63, 3.8) is 0 Å². The molecule has 0 fully saturated rings. The smallest absolute Gasteiger partial charge is 0.251 e. The Balaban J connectivity index is 1.71. The summed E-state index contributed by atoms with van der Waals surface area (Å²) < 4.78 is 2.96. The molecule has 0 unspecified atom stereocenters. The van der Waals surface area contributed by atoms with Crippen molar-refractivity contribution < 1.29 is 9.59 Å². The van der Waals surface area contributed by atoms with Gasteiger partial charge in [-0.3, -0.25) is 9.59 Å². The molecule has 7 nitrogen and oxygen atoms in total. The molecule has 34 heavy (non-hydrogen) atoms. The van der Waals surface area contributed by atoms with Gasteiger partial charge in [-0.15, -0.1) is 10.2 Å². The molecule has 2 N–H and O–H groups in total. The second-order valence-electron chi connectivity index (χ2n) is 8.45. The van der Waals surface area contributed by atoms with Gasteiger partial charge in [0.1, 0.15) is 0 Å². The Morgan fingerprint density at radius 1 is 1.12 bits per heavy atom. The Hall–Kier alpha value is -2.65. The number of hydrogen-bond donors (Lipinski definition) is 2. The first-order valence-corrected chi connectivity index (χ1v) is 13.0. The maximum Gasteiger partial charge on any atom is 0.251 e. The molecule has 180 valence electrons. The molecule has 3 aromatic rings. The molecule has 0 aliphatic rings. The molecule has 3 rings (SSSR count). The molecular weight excluding hydrogens is 514 g/mol. The summed E-state index contributed by atoms with van der Waals surface area (Å²) in [4.78, 5) is 25.4. The number of rotatable bonds is 9. The van der Waals surface area contributed by atoms with E-state index in [1.165, 1.54) is 11.8 Å². The van der Waals surface area contributed by atoms with Gasteiger partial charge in [0, 0.05) is 22.3 Å². The van der Waals surface area contributed by atoms with E-state index >= 15 is 0 Å². The number of aryl methyl sites for hydroxylation is 2. The minimum atomic E-state index is -0.311. The van der Waals surface area contributed by atoms with E-state index in [4.69, 9.17) is 0 Å². The first-order chi connectivity index (χ1) is 16.2. The van der Waals surface area contributed by atoms with Crippen LogP contribution in [0.3, 0.4) is 0 Å². The summed E-state index contributed by atoms with van der Waals surface area (Å²) in [6.07, 6.45) is 0. The van der Waals surface area contributed by atoms with E-state index < -0.39 is 0 Å². The van der Waals surface area contributed by atoms with Gasteiger partial charge < -0.3 is 15.2 Å². The van der Waals surface area contributed by atoms with Crippen molar-refractivity contribution >= 4 is 45.2 Å². The van der Waals surface area contributed by atoms with Crippen LogP contribution in [0, 0.1) is 19.8 Å². The van der Waals surface area contributed by atoms with E-state index in [1.807, 2.05) is 75.6 Å². The van der Waals surface area contributed by atoms with Crippen LogP contribution in [0.4, 0.5) is 5.69 Å². The fourth-order valence-electron chi connectivity index (χ4n) is 3.52. The summed E-state index contributed by atoms with van der Waals surface area (Å²) >= 11 is 4.80. The molecule has 2 amide bonds. The summed E-state index contributed by atoms with van der Waals surface area (Å²) in [5.74, 6) is 0.725. The van der Waals surface area contributed by atoms with E-state index in [0.29, 0.717) is 23.1 Å². The monoisotopic (exact) mass is 543 g/mol. The van der Waals surface area contributed by atoms with Gasteiger partial charge in [0.2, 0.25) is 5.91 Å². The molecule has 0 radical (unpaired) electrons. The third-order valence-electron chi connectivity index (χ3n) is 5.35. The summed E-state index contributed by atoms with van der Waals surface area (Å²) in [6.45, 7) is 10.6. The van der Waals surface area contributed by atoms with Crippen LogP contribution in [0.25, 0.3) is 0 Å². The number of hydrogen-bond acceptors (Lipinski definition) is 5. The van der Waals surface area contributed by atoms with Crippen LogP contribution in [0.2, 0.25) is 0 Å². The second-order valence-corrected chi connectivity index (χ2v) is 10.2. The highest BCUT2D eigenvalue weighted by molar-refractivity contribution is 9.10. The van der Waals surface area contributed by atoms with Gasteiger partial charge in [0.15, 0.2) is 11.0 Å². The van der Waals surface area contributed by atoms with Crippen molar-refractivity contribution in [2.75, 3.05) is 11.1 Å². The number of aromatic nitrogens is 3. The number of carbonyl (C=O) groups excluding carboxylic acids is 2. The zero-order valence-electron chi connectivity index (χ0n) is 20.1. The zero-order valence-corrected chi connectivity index (χ0v) is 22.5. The zero-order chi connectivity index (χ0) is 24.8. The third-order valence-corrected chi connectivity index (χ3v) is 7.20. The number of benzene rings is 2. The van der Waals surface area contributed by atoms with Crippen molar-refractivity contribution in [1.82, 2.24) is 20.1 Å². The topological polar surface area (TPSA) is 88.9 Å². The Kier molecular flexibility index (Phi) is 8.90. The lowest BCUT2D eigenvalue weighted by molar-refractivity contribution is -0.113. The molecule has 1 heterocycles. The predicted molar refractivity (Wildman–Crippen MR) is 140 cm³/mol. The van der Waals surface area contributed by atoms with Gasteiger partial charge in [0.25, 0.3) is 5.91 Å². The molecule has 9 heteroatoms. The van der Waals surface area contributed by atoms with E-state index in [1.54, 1.807) is 6.07 Å². The number of nitrogens with one attached hydrogen (secondary N) is 2. The number of halogens is 1. The van der Waals surface area contributed by atoms with E-state index in [-0.39, 0.29) is 29.5 Å². The molecule has 2 aromatic carbocycles. The van der Waals surface area contributed by atoms with Gasteiger partial charge in [-0.05, 0) is 62.6 Å². The third kappa shape index (κ3) is 6.48. The summed E-state index contributed by atoms with van der Waals surface area (Å²) in [7, 11) is 0. The van der Waals surface area contributed by atoms with Crippen LogP contribution >= 0.6 is 27.7 Å². The second kappa shape index (κ2) is 11.7. The van der Waals surface area contributed by atoms with Crippen molar-refractivity contribution in [1.29, 1.82) is 0 Å². The number of nitrogens with zero attached hydrogens (tertiary/aromatic N) is 3. The fourth-order valence-corrected chi connectivity index (χ4v) is 4.58. The maximum atomic E-state index is 12.9. The first kappa shape index (κ1) is 26.0. The largest absolute Gasteiger partial charge is 0.342 e. The van der Waals surface area contributed by atoms with Crippen molar-refractivity contribution in [3.05, 3.63) is 69.5 Å². The first-order valence-electron chi connectivity index (χ1n) is 11.2. The molecule has 0 saturated heterocycles. The van der Waals surface area contributed by atoms with Gasteiger partial charge >= 0.3 is 0 Å². The molecule has 0 saturated carbocycles. The SMILES string of the molecule is CCn1c(SCC(=O)Nc2ccc(Br)c(C)c2)nnc1[C@@H](NC(=O)c1cccc(C)c1)C(C)C. The van der Waals surface area contributed by atoms with E-state index in [9.17, 15) is 9.59 Å². The Labute approximate surface area is 213 Å². The molecule has 1 atom stereocenters. The predicted octanol–water partition coefficient (Wildman–Crippen LogP) is 5.54. The number of amides is 2. The van der Waals surface area contributed by atoms with Gasteiger partial charge in [-0.25, -0.2) is 0 Å². The number of thioether (sulfide) groups is 1. The van der Waals surface area contributed by atoms with Crippen LogP contribution in [-0.4, -0.2) is 32.3 Å². The van der Waals surface area contributed by atoms with Crippen molar-refractivity contribution in [2.24, 2.45) is 5.92 Å². The number of anilines is 1. The van der Waals surface area contributed by atoms with Crippen molar-refractivity contribution in [3.8, 4) is 0 Å². The van der Waals surface area contributed by atoms with Gasteiger partial charge in [-0.1, -0.05) is 59.2 Å². The molecule has 0 bridgehead atoms. The lowest BCUT2D eigenvalue weighted by Crippen LogP contribution is -2.33. The van der Waals surface area contributed by atoms with Crippen LogP contribution < -0.4 is 10.6 Å². The Bertz CT molecular complexity index is 1180. The van der Waals surface area contributed by atoms with Gasteiger partial charge in [0.05, 0.1) is 11.8 Å². The highest BCUT2D eigenvalue weighted by atomic mass is 79.9.